The molecule has 0 bridgehead atoms. The Morgan fingerprint density at radius 2 is 2.05 bits per heavy atom. The Hall–Kier alpha value is -1.88. The zero-order chi connectivity index (χ0) is 15.2. The Balaban J connectivity index is 1.82. The molecule has 0 aliphatic heterocycles. The van der Waals surface area contributed by atoms with E-state index in [1.54, 1.807) is 6.07 Å². The summed E-state index contributed by atoms with van der Waals surface area (Å²) in [5.41, 5.74) is 2.68. The minimum absolute atomic E-state index is 0.263. The molecule has 0 atom stereocenters. The van der Waals surface area contributed by atoms with Crippen LogP contribution in [0.1, 0.15) is 11.1 Å². The molecule has 3 nitrogen and oxygen atoms in total. The number of rotatable bonds is 4. The van der Waals surface area contributed by atoms with Gasteiger partial charge in [0.25, 0.3) is 0 Å². The first-order chi connectivity index (χ1) is 10.0. The van der Waals surface area contributed by atoms with Crippen LogP contribution in [0.15, 0.2) is 46.9 Å². The smallest absolute Gasteiger partial charge is 0.319 e. The van der Waals surface area contributed by atoms with E-state index in [0.717, 1.165) is 15.6 Å². The average Bonchev–Trinajstić information content (AvgIpc) is 2.42. The average molecular weight is 351 g/mol. The summed E-state index contributed by atoms with van der Waals surface area (Å²) in [5, 5.41) is 5.51. The maximum absolute atomic E-state index is 13.0. The number of amides is 2. The van der Waals surface area contributed by atoms with Gasteiger partial charge in [0.15, 0.2) is 0 Å². The number of carbonyl (C=O) groups excluding carboxylic acids is 1. The number of aryl methyl sites for hydroxylation is 1. The summed E-state index contributed by atoms with van der Waals surface area (Å²) in [7, 11) is 0. The maximum Gasteiger partial charge on any atom is 0.319 e. The van der Waals surface area contributed by atoms with Gasteiger partial charge in [0.05, 0.1) is 5.69 Å². The highest BCUT2D eigenvalue weighted by Gasteiger charge is 2.05. The van der Waals surface area contributed by atoms with Gasteiger partial charge in [-0.15, -0.1) is 0 Å². The Bertz CT molecular complexity index is 646. The van der Waals surface area contributed by atoms with Crippen LogP contribution in [-0.2, 0) is 6.42 Å². The van der Waals surface area contributed by atoms with Crippen LogP contribution in [0.3, 0.4) is 0 Å². The molecule has 2 aromatic rings. The van der Waals surface area contributed by atoms with E-state index >= 15 is 0 Å². The van der Waals surface area contributed by atoms with E-state index < -0.39 is 0 Å². The van der Waals surface area contributed by atoms with E-state index in [1.807, 2.05) is 31.2 Å². The minimum Gasteiger partial charge on any atom is -0.338 e. The van der Waals surface area contributed by atoms with E-state index in [4.69, 9.17) is 0 Å². The molecule has 110 valence electrons. The fourth-order valence-electron chi connectivity index (χ4n) is 1.90. The van der Waals surface area contributed by atoms with Gasteiger partial charge in [-0.05, 0) is 64.7 Å². The lowest BCUT2D eigenvalue weighted by Crippen LogP contribution is -2.30. The summed E-state index contributed by atoms with van der Waals surface area (Å²) in [6.45, 7) is 2.42. The lowest BCUT2D eigenvalue weighted by atomic mass is 10.1. The molecule has 0 radical (unpaired) electrons. The molecule has 21 heavy (non-hydrogen) atoms. The molecule has 0 aliphatic rings. The highest BCUT2D eigenvalue weighted by molar-refractivity contribution is 9.10. The quantitative estimate of drug-likeness (QED) is 0.849. The summed E-state index contributed by atoms with van der Waals surface area (Å²) in [6, 6.07) is 11.8. The summed E-state index contributed by atoms with van der Waals surface area (Å²) in [4.78, 5) is 11.8. The van der Waals surface area contributed by atoms with Crippen LogP contribution in [0.4, 0.5) is 14.9 Å². The third kappa shape index (κ3) is 4.86. The van der Waals surface area contributed by atoms with Crippen LogP contribution >= 0.6 is 15.9 Å². The highest BCUT2D eigenvalue weighted by atomic mass is 79.9. The number of nitrogens with one attached hydrogen (secondary N) is 2. The van der Waals surface area contributed by atoms with Crippen molar-refractivity contribution in [2.45, 2.75) is 13.3 Å². The number of halogens is 2. The molecular weight excluding hydrogens is 335 g/mol. The third-order valence-corrected chi connectivity index (χ3v) is 3.62. The molecule has 0 saturated carbocycles. The predicted octanol–water partition coefficient (Wildman–Crippen LogP) is 4.26. The summed E-state index contributed by atoms with van der Waals surface area (Å²) >= 11 is 3.40. The van der Waals surface area contributed by atoms with E-state index in [2.05, 4.69) is 26.6 Å². The largest absolute Gasteiger partial charge is 0.338 e. The molecule has 2 N–H and O–H groups in total. The fourth-order valence-corrected chi connectivity index (χ4v) is 2.49. The molecule has 2 aromatic carbocycles. The van der Waals surface area contributed by atoms with Crippen LogP contribution in [0.25, 0.3) is 0 Å². The summed E-state index contributed by atoms with van der Waals surface area (Å²) in [5.74, 6) is -0.263. The van der Waals surface area contributed by atoms with E-state index in [0.29, 0.717) is 18.7 Å². The van der Waals surface area contributed by atoms with Crippen molar-refractivity contribution in [1.29, 1.82) is 0 Å². The van der Waals surface area contributed by atoms with Gasteiger partial charge in [0.2, 0.25) is 0 Å². The fraction of sp³-hybridized carbons (Fsp3) is 0.188. The standard InChI is InChI=1S/C16H16BrFN2O/c1-11-5-6-15(14(17)9-11)20-16(21)19-8-7-12-3-2-4-13(18)10-12/h2-6,9-10H,7-8H2,1H3,(H2,19,20,21). The van der Waals surface area contributed by atoms with Crippen molar-refractivity contribution in [2.75, 3.05) is 11.9 Å². The van der Waals surface area contributed by atoms with Crippen molar-refractivity contribution in [3.8, 4) is 0 Å². The first-order valence-corrected chi connectivity index (χ1v) is 7.39. The first-order valence-electron chi connectivity index (χ1n) is 6.60. The molecule has 0 heterocycles. The normalized spacial score (nSPS) is 10.2. The van der Waals surface area contributed by atoms with Gasteiger partial charge in [0, 0.05) is 11.0 Å². The topological polar surface area (TPSA) is 41.1 Å². The second-order valence-corrected chi connectivity index (χ2v) is 5.60. The number of hydrogen-bond donors (Lipinski definition) is 2. The van der Waals surface area contributed by atoms with Crippen LogP contribution < -0.4 is 10.6 Å². The SMILES string of the molecule is Cc1ccc(NC(=O)NCCc2cccc(F)c2)c(Br)c1. The van der Waals surface area contributed by atoms with Gasteiger partial charge in [-0.2, -0.15) is 0 Å². The molecule has 5 heteroatoms. The minimum atomic E-state index is -0.282. The summed E-state index contributed by atoms with van der Waals surface area (Å²) < 4.78 is 13.8. The van der Waals surface area contributed by atoms with E-state index in [-0.39, 0.29) is 11.8 Å². The second-order valence-electron chi connectivity index (χ2n) is 4.74. The molecular formula is C16H16BrFN2O. The van der Waals surface area contributed by atoms with Gasteiger partial charge in [0.1, 0.15) is 5.82 Å². The lowest BCUT2D eigenvalue weighted by molar-refractivity contribution is 0.252. The maximum atomic E-state index is 13.0. The molecule has 0 aliphatic carbocycles. The Morgan fingerprint density at radius 3 is 2.76 bits per heavy atom. The van der Waals surface area contributed by atoms with Gasteiger partial charge in [-0.3, -0.25) is 0 Å². The number of anilines is 1. The molecule has 0 fully saturated rings. The van der Waals surface area contributed by atoms with Crippen LogP contribution in [0.5, 0.6) is 0 Å². The zero-order valence-corrected chi connectivity index (χ0v) is 13.2. The molecule has 0 unspecified atom stereocenters. The number of benzene rings is 2. The number of urea groups is 1. The van der Waals surface area contributed by atoms with E-state index in [9.17, 15) is 9.18 Å². The Kier molecular flexibility index (Phi) is 5.33. The van der Waals surface area contributed by atoms with Crippen molar-refractivity contribution >= 4 is 27.6 Å². The van der Waals surface area contributed by atoms with Crippen molar-refractivity contribution in [3.63, 3.8) is 0 Å². The summed E-state index contributed by atoms with van der Waals surface area (Å²) in [6.07, 6.45) is 0.584. The van der Waals surface area contributed by atoms with Crippen molar-refractivity contribution < 1.29 is 9.18 Å². The number of hydrogen-bond acceptors (Lipinski definition) is 1. The van der Waals surface area contributed by atoms with Crippen molar-refractivity contribution in [2.24, 2.45) is 0 Å². The van der Waals surface area contributed by atoms with Crippen LogP contribution in [0, 0.1) is 12.7 Å². The predicted molar refractivity (Wildman–Crippen MR) is 86.0 cm³/mol. The second kappa shape index (κ2) is 7.22. The first kappa shape index (κ1) is 15.5. The van der Waals surface area contributed by atoms with Gasteiger partial charge >= 0.3 is 6.03 Å². The molecule has 0 aromatic heterocycles. The Labute approximate surface area is 131 Å². The Morgan fingerprint density at radius 1 is 1.24 bits per heavy atom. The van der Waals surface area contributed by atoms with Crippen LogP contribution in [0.2, 0.25) is 0 Å². The monoisotopic (exact) mass is 350 g/mol. The molecule has 0 saturated heterocycles. The van der Waals surface area contributed by atoms with E-state index in [1.165, 1.54) is 12.1 Å². The van der Waals surface area contributed by atoms with Crippen LogP contribution in [-0.4, -0.2) is 12.6 Å². The van der Waals surface area contributed by atoms with Crippen molar-refractivity contribution in [1.82, 2.24) is 5.32 Å². The lowest BCUT2D eigenvalue weighted by Gasteiger charge is -2.09. The van der Waals surface area contributed by atoms with Crippen molar-refractivity contribution in [3.05, 3.63) is 63.9 Å². The molecule has 2 rings (SSSR count). The molecule has 0 spiro atoms. The number of carbonyl (C=O) groups is 1. The molecule has 2 amide bonds. The van der Waals surface area contributed by atoms with Gasteiger partial charge in [-0.25, -0.2) is 9.18 Å². The van der Waals surface area contributed by atoms with Gasteiger partial charge in [-0.1, -0.05) is 18.2 Å². The third-order valence-electron chi connectivity index (χ3n) is 2.96. The highest BCUT2D eigenvalue weighted by Crippen LogP contribution is 2.23. The zero-order valence-electron chi connectivity index (χ0n) is 11.6. The van der Waals surface area contributed by atoms with Gasteiger partial charge < -0.3 is 10.6 Å².